The second-order valence-electron chi connectivity index (χ2n) is 7.60. The van der Waals surface area contributed by atoms with E-state index in [1.807, 2.05) is 0 Å². The molecule has 1 saturated heterocycles. The third kappa shape index (κ3) is 3.79. The molecule has 0 aromatic heterocycles. The SMILES string of the molecule is CCC1CCCN(C2CCCC(C#N)(NC3CC3)C2)CC1. The second kappa shape index (κ2) is 6.67. The van der Waals surface area contributed by atoms with Gasteiger partial charge in [0, 0.05) is 12.1 Å². The maximum atomic E-state index is 9.74. The topological polar surface area (TPSA) is 39.1 Å². The molecule has 2 aliphatic carbocycles. The molecule has 0 bridgehead atoms. The molecular weight excluding hydrogens is 258 g/mol. The number of nitrogens with zero attached hydrogens (tertiary/aromatic N) is 2. The number of likely N-dealkylation sites (tertiary alicyclic amines) is 1. The van der Waals surface area contributed by atoms with Crippen LogP contribution in [-0.2, 0) is 0 Å². The summed E-state index contributed by atoms with van der Waals surface area (Å²) < 4.78 is 0. The van der Waals surface area contributed by atoms with Gasteiger partial charge in [0.2, 0.25) is 0 Å². The summed E-state index contributed by atoms with van der Waals surface area (Å²) in [6.45, 7) is 4.85. The smallest absolute Gasteiger partial charge is 0.108 e. The van der Waals surface area contributed by atoms with Gasteiger partial charge in [0.25, 0.3) is 0 Å². The molecule has 1 aliphatic heterocycles. The number of rotatable bonds is 4. The van der Waals surface area contributed by atoms with Crippen molar-refractivity contribution in [2.24, 2.45) is 5.92 Å². The number of hydrogen-bond acceptors (Lipinski definition) is 3. The Kier molecular flexibility index (Phi) is 4.86. The molecule has 3 fully saturated rings. The van der Waals surface area contributed by atoms with Crippen molar-refractivity contribution in [3.8, 4) is 6.07 Å². The molecule has 3 aliphatic rings. The quantitative estimate of drug-likeness (QED) is 0.861. The molecule has 3 nitrogen and oxygen atoms in total. The fraction of sp³-hybridized carbons (Fsp3) is 0.944. The Bertz CT molecular complexity index is 384. The van der Waals surface area contributed by atoms with E-state index in [0.717, 1.165) is 18.8 Å². The highest BCUT2D eigenvalue weighted by molar-refractivity contribution is 5.13. The monoisotopic (exact) mass is 289 g/mol. The molecule has 3 unspecified atom stereocenters. The number of hydrogen-bond donors (Lipinski definition) is 1. The zero-order valence-electron chi connectivity index (χ0n) is 13.6. The molecular formula is C18H31N3. The summed E-state index contributed by atoms with van der Waals surface area (Å²) in [6.07, 6.45) is 12.6. The molecule has 1 heterocycles. The van der Waals surface area contributed by atoms with Gasteiger partial charge in [0.15, 0.2) is 0 Å². The van der Waals surface area contributed by atoms with Gasteiger partial charge in [-0.2, -0.15) is 5.26 Å². The van der Waals surface area contributed by atoms with Crippen LogP contribution in [0, 0.1) is 17.2 Å². The van der Waals surface area contributed by atoms with Crippen molar-refractivity contribution in [2.45, 2.75) is 88.8 Å². The predicted octanol–water partition coefficient (Wildman–Crippen LogP) is 3.46. The maximum Gasteiger partial charge on any atom is 0.108 e. The molecule has 21 heavy (non-hydrogen) atoms. The first-order chi connectivity index (χ1) is 10.2. The molecule has 2 saturated carbocycles. The summed E-state index contributed by atoms with van der Waals surface area (Å²) in [5.74, 6) is 0.934. The van der Waals surface area contributed by atoms with Crippen LogP contribution in [0.25, 0.3) is 0 Å². The van der Waals surface area contributed by atoms with Gasteiger partial charge in [-0.25, -0.2) is 0 Å². The summed E-state index contributed by atoms with van der Waals surface area (Å²) in [5.41, 5.74) is -0.222. The maximum absolute atomic E-state index is 9.74. The van der Waals surface area contributed by atoms with E-state index in [-0.39, 0.29) is 5.54 Å². The largest absolute Gasteiger partial charge is 0.300 e. The van der Waals surface area contributed by atoms with Crippen molar-refractivity contribution in [3.05, 3.63) is 0 Å². The fourth-order valence-electron chi connectivity index (χ4n) is 4.40. The lowest BCUT2D eigenvalue weighted by Crippen LogP contribution is -2.53. The van der Waals surface area contributed by atoms with E-state index >= 15 is 0 Å². The minimum absolute atomic E-state index is 0.222. The highest BCUT2D eigenvalue weighted by Crippen LogP contribution is 2.35. The lowest BCUT2D eigenvalue weighted by atomic mass is 9.79. The van der Waals surface area contributed by atoms with Crippen LogP contribution in [0.1, 0.15) is 71.1 Å². The van der Waals surface area contributed by atoms with Gasteiger partial charge in [-0.1, -0.05) is 13.3 Å². The van der Waals surface area contributed by atoms with Gasteiger partial charge in [0.05, 0.1) is 6.07 Å². The van der Waals surface area contributed by atoms with E-state index in [2.05, 4.69) is 23.2 Å². The van der Waals surface area contributed by atoms with Gasteiger partial charge in [0.1, 0.15) is 5.54 Å². The third-order valence-corrected chi connectivity index (χ3v) is 5.97. The molecule has 0 radical (unpaired) electrons. The van der Waals surface area contributed by atoms with Crippen LogP contribution in [0.4, 0.5) is 0 Å². The molecule has 3 atom stereocenters. The number of nitrogens with one attached hydrogen (secondary N) is 1. The standard InChI is InChI=1S/C18H31N3/c1-2-15-5-4-11-21(12-9-15)17-6-3-10-18(13-17,14-19)20-16-7-8-16/h15-17,20H,2-13H2,1H3. The Morgan fingerprint density at radius 1 is 1.14 bits per heavy atom. The third-order valence-electron chi connectivity index (χ3n) is 5.97. The molecule has 3 heteroatoms. The first-order valence-electron chi connectivity index (χ1n) is 9.17. The minimum Gasteiger partial charge on any atom is -0.300 e. The van der Waals surface area contributed by atoms with Crippen molar-refractivity contribution < 1.29 is 0 Å². The first kappa shape index (κ1) is 15.3. The van der Waals surface area contributed by atoms with Crippen LogP contribution in [0.15, 0.2) is 0 Å². The van der Waals surface area contributed by atoms with E-state index in [0.29, 0.717) is 12.1 Å². The first-order valence-corrected chi connectivity index (χ1v) is 9.17. The average molecular weight is 289 g/mol. The van der Waals surface area contributed by atoms with E-state index in [9.17, 15) is 5.26 Å². The van der Waals surface area contributed by atoms with Crippen molar-refractivity contribution >= 4 is 0 Å². The molecule has 118 valence electrons. The Balaban J connectivity index is 1.60. The predicted molar refractivity (Wildman–Crippen MR) is 86.0 cm³/mol. The van der Waals surface area contributed by atoms with Crippen molar-refractivity contribution in [1.29, 1.82) is 5.26 Å². The van der Waals surface area contributed by atoms with Crippen LogP contribution in [-0.4, -0.2) is 35.6 Å². The highest BCUT2D eigenvalue weighted by atomic mass is 15.2. The van der Waals surface area contributed by atoms with Gasteiger partial charge < -0.3 is 4.90 Å². The summed E-state index contributed by atoms with van der Waals surface area (Å²) >= 11 is 0. The normalized spacial score (nSPS) is 38.7. The van der Waals surface area contributed by atoms with Gasteiger partial charge >= 0.3 is 0 Å². The van der Waals surface area contributed by atoms with Gasteiger partial charge in [-0.15, -0.1) is 0 Å². The molecule has 1 N–H and O–H groups in total. The van der Waals surface area contributed by atoms with Crippen LogP contribution in [0.5, 0.6) is 0 Å². The van der Waals surface area contributed by atoms with E-state index < -0.39 is 0 Å². The summed E-state index contributed by atoms with van der Waals surface area (Å²) in [6, 6.07) is 3.93. The fourth-order valence-corrected chi connectivity index (χ4v) is 4.40. The van der Waals surface area contributed by atoms with Crippen molar-refractivity contribution in [1.82, 2.24) is 10.2 Å². The summed E-state index contributed by atoms with van der Waals surface area (Å²) in [7, 11) is 0. The van der Waals surface area contributed by atoms with Crippen LogP contribution < -0.4 is 5.32 Å². The molecule has 0 aromatic carbocycles. The van der Waals surface area contributed by atoms with Crippen LogP contribution in [0.2, 0.25) is 0 Å². The van der Waals surface area contributed by atoms with E-state index in [1.54, 1.807) is 0 Å². The Hall–Kier alpha value is -0.590. The van der Waals surface area contributed by atoms with Crippen molar-refractivity contribution in [2.75, 3.05) is 13.1 Å². The van der Waals surface area contributed by atoms with Gasteiger partial charge in [-0.05, 0) is 76.8 Å². The highest BCUT2D eigenvalue weighted by Gasteiger charge is 2.42. The molecule has 3 rings (SSSR count). The van der Waals surface area contributed by atoms with E-state index in [4.69, 9.17) is 0 Å². The molecule has 0 aromatic rings. The lowest BCUT2D eigenvalue weighted by Gasteiger charge is -2.41. The van der Waals surface area contributed by atoms with Crippen LogP contribution in [0.3, 0.4) is 0 Å². The van der Waals surface area contributed by atoms with E-state index in [1.165, 1.54) is 64.5 Å². The van der Waals surface area contributed by atoms with Gasteiger partial charge in [-0.3, -0.25) is 5.32 Å². The molecule has 0 spiro atoms. The zero-order valence-corrected chi connectivity index (χ0v) is 13.6. The minimum atomic E-state index is -0.222. The Morgan fingerprint density at radius 2 is 2.00 bits per heavy atom. The summed E-state index contributed by atoms with van der Waals surface area (Å²) in [5, 5.41) is 13.4. The Labute approximate surface area is 130 Å². The lowest BCUT2D eigenvalue weighted by molar-refractivity contribution is 0.121. The zero-order chi connectivity index (χ0) is 14.7. The van der Waals surface area contributed by atoms with Crippen molar-refractivity contribution in [3.63, 3.8) is 0 Å². The molecule has 0 amide bonds. The Morgan fingerprint density at radius 3 is 2.71 bits per heavy atom. The van der Waals surface area contributed by atoms with Crippen LogP contribution >= 0.6 is 0 Å². The number of nitriles is 1. The summed E-state index contributed by atoms with van der Waals surface area (Å²) in [4.78, 5) is 2.72. The average Bonchev–Trinajstić information content (AvgIpc) is 3.33. The second-order valence-corrected chi connectivity index (χ2v) is 7.60.